The van der Waals surface area contributed by atoms with Crippen molar-refractivity contribution in [1.29, 1.82) is 0 Å². The highest BCUT2D eigenvalue weighted by Crippen LogP contribution is 2.35. The van der Waals surface area contributed by atoms with Gasteiger partial charge in [0.15, 0.2) is 0 Å². The van der Waals surface area contributed by atoms with Crippen LogP contribution in [0.15, 0.2) is 18.2 Å². The fourth-order valence-corrected chi connectivity index (χ4v) is 2.70. The Kier molecular flexibility index (Phi) is 3.63. The molecule has 0 spiro atoms. The molecule has 20 heavy (non-hydrogen) atoms. The molecule has 0 bridgehead atoms. The van der Waals surface area contributed by atoms with Crippen LogP contribution in [-0.2, 0) is 12.7 Å². The Hall–Kier alpha value is -1.23. The van der Waals surface area contributed by atoms with Crippen molar-refractivity contribution < 1.29 is 13.2 Å². The summed E-state index contributed by atoms with van der Waals surface area (Å²) in [5, 5.41) is 3.16. The van der Waals surface area contributed by atoms with Gasteiger partial charge in [-0.15, -0.1) is 0 Å². The van der Waals surface area contributed by atoms with Crippen LogP contribution in [0.1, 0.15) is 36.8 Å². The number of halogens is 3. The molecule has 0 atom stereocenters. The molecule has 0 aromatic heterocycles. The van der Waals surface area contributed by atoms with Crippen LogP contribution in [0.25, 0.3) is 0 Å². The average Bonchev–Trinajstić information content (AvgIpc) is 3.07. The topological polar surface area (TPSA) is 15.3 Å². The highest BCUT2D eigenvalue weighted by atomic mass is 19.4. The molecule has 1 aromatic rings. The first-order valence-corrected chi connectivity index (χ1v) is 7.22. The molecule has 110 valence electrons. The Morgan fingerprint density at radius 2 is 1.85 bits per heavy atom. The molecule has 0 unspecified atom stereocenters. The first kappa shape index (κ1) is 13.7. The normalized spacial score (nSPS) is 19.6. The smallest absolute Gasteiger partial charge is 0.372 e. The maximum absolute atomic E-state index is 13.2. The third kappa shape index (κ3) is 3.08. The largest absolute Gasteiger partial charge is 0.416 e. The van der Waals surface area contributed by atoms with Crippen molar-refractivity contribution in [3.63, 3.8) is 0 Å². The predicted molar refractivity (Wildman–Crippen MR) is 72.8 cm³/mol. The number of hydrogen-bond donors (Lipinski definition) is 1. The predicted octanol–water partition coefficient (Wildman–Crippen LogP) is 3.56. The molecule has 1 aromatic carbocycles. The summed E-state index contributed by atoms with van der Waals surface area (Å²) >= 11 is 0. The molecule has 1 saturated carbocycles. The van der Waals surface area contributed by atoms with Gasteiger partial charge in [0.05, 0.1) is 5.56 Å². The zero-order chi connectivity index (χ0) is 14.2. The lowest BCUT2D eigenvalue weighted by molar-refractivity contribution is -0.138. The van der Waals surface area contributed by atoms with Crippen LogP contribution in [0, 0.1) is 0 Å². The van der Waals surface area contributed by atoms with Gasteiger partial charge in [0.2, 0.25) is 0 Å². The van der Waals surface area contributed by atoms with Gasteiger partial charge in [-0.2, -0.15) is 13.2 Å². The van der Waals surface area contributed by atoms with E-state index in [1.165, 1.54) is 6.07 Å². The molecule has 0 amide bonds. The highest BCUT2D eigenvalue weighted by Gasteiger charge is 2.34. The fraction of sp³-hybridized carbons (Fsp3) is 0.600. The average molecular weight is 284 g/mol. The van der Waals surface area contributed by atoms with Gasteiger partial charge in [-0.1, -0.05) is 6.07 Å². The molecule has 0 radical (unpaired) electrons. The van der Waals surface area contributed by atoms with E-state index in [0.717, 1.165) is 38.8 Å². The summed E-state index contributed by atoms with van der Waals surface area (Å²) in [6.45, 7) is 2.02. The number of alkyl halides is 3. The van der Waals surface area contributed by atoms with Crippen molar-refractivity contribution in [3.8, 4) is 0 Å². The van der Waals surface area contributed by atoms with Gasteiger partial charge in [-0.05, 0) is 43.4 Å². The van der Waals surface area contributed by atoms with E-state index in [1.54, 1.807) is 6.07 Å². The quantitative estimate of drug-likeness (QED) is 0.909. The molecule has 1 saturated heterocycles. The van der Waals surface area contributed by atoms with Crippen LogP contribution >= 0.6 is 0 Å². The Bertz CT molecular complexity index is 474. The van der Waals surface area contributed by atoms with E-state index < -0.39 is 11.7 Å². The summed E-state index contributed by atoms with van der Waals surface area (Å²) in [7, 11) is 0. The maximum Gasteiger partial charge on any atom is 0.416 e. The Labute approximate surface area is 117 Å². The van der Waals surface area contributed by atoms with Gasteiger partial charge >= 0.3 is 6.18 Å². The molecule has 1 N–H and O–H groups in total. The van der Waals surface area contributed by atoms with Crippen molar-refractivity contribution in [1.82, 2.24) is 5.32 Å². The summed E-state index contributed by atoms with van der Waals surface area (Å²) in [4.78, 5) is 2.04. The minimum atomic E-state index is -4.28. The third-order valence-corrected chi connectivity index (χ3v) is 4.03. The molecular weight excluding hydrogens is 265 g/mol. The van der Waals surface area contributed by atoms with Crippen LogP contribution < -0.4 is 10.2 Å². The lowest BCUT2D eigenvalue weighted by Gasteiger charge is -2.21. The van der Waals surface area contributed by atoms with Crippen molar-refractivity contribution in [2.45, 2.75) is 44.4 Å². The van der Waals surface area contributed by atoms with E-state index in [-0.39, 0.29) is 0 Å². The van der Waals surface area contributed by atoms with Crippen LogP contribution in [0.5, 0.6) is 0 Å². The van der Waals surface area contributed by atoms with E-state index in [1.807, 2.05) is 11.0 Å². The molecule has 5 heteroatoms. The lowest BCUT2D eigenvalue weighted by Crippen LogP contribution is -2.21. The maximum atomic E-state index is 13.2. The SMILES string of the molecule is FC(F)(F)c1cc(N2CCCC2)ccc1CNC1CC1. The molecule has 1 heterocycles. The van der Waals surface area contributed by atoms with Gasteiger partial charge < -0.3 is 10.2 Å². The molecule has 2 fully saturated rings. The monoisotopic (exact) mass is 284 g/mol. The van der Waals surface area contributed by atoms with E-state index >= 15 is 0 Å². The third-order valence-electron chi connectivity index (χ3n) is 4.03. The number of nitrogens with one attached hydrogen (secondary N) is 1. The van der Waals surface area contributed by atoms with Gasteiger partial charge in [0, 0.05) is 31.4 Å². The standard InChI is InChI=1S/C15H19F3N2/c16-15(17,18)14-9-13(20-7-1-2-8-20)6-3-11(14)10-19-12-4-5-12/h3,6,9,12,19H,1-2,4-5,7-8,10H2. The van der Waals surface area contributed by atoms with Crippen LogP contribution in [0.3, 0.4) is 0 Å². The summed E-state index contributed by atoms with van der Waals surface area (Å²) < 4.78 is 39.6. The zero-order valence-corrected chi connectivity index (χ0v) is 11.3. The van der Waals surface area contributed by atoms with Gasteiger partial charge in [0.1, 0.15) is 0 Å². The fourth-order valence-electron chi connectivity index (χ4n) is 2.70. The Morgan fingerprint density at radius 3 is 2.45 bits per heavy atom. The Morgan fingerprint density at radius 1 is 1.15 bits per heavy atom. The molecule has 3 rings (SSSR count). The van der Waals surface area contributed by atoms with Crippen molar-refractivity contribution in [3.05, 3.63) is 29.3 Å². The molecule has 1 aliphatic heterocycles. The minimum absolute atomic E-state index is 0.305. The van der Waals surface area contributed by atoms with E-state index in [4.69, 9.17) is 0 Å². The number of benzene rings is 1. The van der Waals surface area contributed by atoms with Crippen molar-refractivity contribution >= 4 is 5.69 Å². The second-order valence-corrected chi connectivity index (χ2v) is 5.69. The minimum Gasteiger partial charge on any atom is -0.372 e. The summed E-state index contributed by atoms with van der Waals surface area (Å²) in [6, 6.07) is 5.18. The van der Waals surface area contributed by atoms with Crippen LogP contribution in [0.2, 0.25) is 0 Å². The zero-order valence-electron chi connectivity index (χ0n) is 11.3. The summed E-state index contributed by atoms with van der Waals surface area (Å²) in [6.07, 6.45) is -0.00456. The number of nitrogens with zero attached hydrogens (tertiary/aromatic N) is 1. The summed E-state index contributed by atoms with van der Waals surface area (Å²) in [5.41, 5.74) is 0.562. The van der Waals surface area contributed by atoms with E-state index in [9.17, 15) is 13.2 Å². The lowest BCUT2D eigenvalue weighted by atomic mass is 10.1. The molecule has 2 aliphatic rings. The van der Waals surface area contributed by atoms with Crippen molar-refractivity contribution in [2.24, 2.45) is 0 Å². The summed E-state index contributed by atoms with van der Waals surface area (Å²) in [5.74, 6) is 0. The first-order chi connectivity index (χ1) is 9.54. The molecule has 1 aliphatic carbocycles. The Balaban J connectivity index is 1.84. The highest BCUT2D eigenvalue weighted by molar-refractivity contribution is 5.52. The van der Waals surface area contributed by atoms with Gasteiger partial charge in [-0.3, -0.25) is 0 Å². The first-order valence-electron chi connectivity index (χ1n) is 7.22. The second-order valence-electron chi connectivity index (χ2n) is 5.69. The van der Waals surface area contributed by atoms with E-state index in [2.05, 4.69) is 5.32 Å². The van der Waals surface area contributed by atoms with Crippen LogP contribution in [0.4, 0.5) is 18.9 Å². The van der Waals surface area contributed by atoms with Gasteiger partial charge in [0.25, 0.3) is 0 Å². The van der Waals surface area contributed by atoms with Crippen molar-refractivity contribution in [2.75, 3.05) is 18.0 Å². The molecule has 2 nitrogen and oxygen atoms in total. The number of anilines is 1. The second kappa shape index (κ2) is 5.28. The number of rotatable bonds is 4. The number of hydrogen-bond acceptors (Lipinski definition) is 2. The van der Waals surface area contributed by atoms with Gasteiger partial charge in [-0.25, -0.2) is 0 Å². The molecular formula is C15H19F3N2. The van der Waals surface area contributed by atoms with Crippen LogP contribution in [-0.4, -0.2) is 19.1 Å². The van der Waals surface area contributed by atoms with E-state index in [0.29, 0.717) is 23.8 Å².